The van der Waals surface area contributed by atoms with Crippen LogP contribution in [0.4, 0.5) is 0 Å². The predicted octanol–water partition coefficient (Wildman–Crippen LogP) is 4.62. The van der Waals surface area contributed by atoms with Crippen molar-refractivity contribution in [1.29, 1.82) is 0 Å². The van der Waals surface area contributed by atoms with Gasteiger partial charge in [-0.3, -0.25) is 4.79 Å². The summed E-state index contributed by atoms with van der Waals surface area (Å²) in [5.74, 6) is -0.751. The molecule has 0 aliphatic rings. The molecule has 1 aromatic rings. The summed E-state index contributed by atoms with van der Waals surface area (Å²) in [6, 6.07) is -1.25. The van der Waals surface area contributed by atoms with Crippen LogP contribution in [-0.4, -0.2) is 38.2 Å². The van der Waals surface area contributed by atoms with Crippen LogP contribution in [0, 0.1) is 0 Å². The molecule has 0 saturated heterocycles. The number of sulfonamides is 1. The Hall–Kier alpha value is 0.1000. The molecule has 0 amide bonds. The number of rotatable bonds is 6. The van der Waals surface area contributed by atoms with Crippen molar-refractivity contribution < 1.29 is 22.7 Å². The molecule has 6 nitrogen and oxygen atoms in total. The molecule has 0 aliphatic heterocycles. The van der Waals surface area contributed by atoms with E-state index in [0.29, 0.717) is 0 Å². The lowest BCUT2D eigenvalue weighted by Crippen LogP contribution is -2.48. The molecule has 0 aliphatic carbocycles. The van der Waals surface area contributed by atoms with Gasteiger partial charge in [0.1, 0.15) is 25.2 Å². The van der Waals surface area contributed by atoms with Crippen molar-refractivity contribution in [3.05, 3.63) is 13.1 Å². The van der Waals surface area contributed by atoms with Crippen molar-refractivity contribution in [2.75, 3.05) is 6.61 Å². The van der Waals surface area contributed by atoms with E-state index in [1.165, 1.54) is 0 Å². The average Bonchev–Trinajstić information content (AvgIpc) is 2.65. The smallest absolute Gasteiger partial charge is 0.327 e. The number of esters is 1. The first-order valence-corrected chi connectivity index (χ1v) is 11.4. The van der Waals surface area contributed by atoms with E-state index in [2.05, 4.69) is 20.7 Å². The Morgan fingerprint density at radius 1 is 1.15 bits per heavy atom. The van der Waals surface area contributed by atoms with Crippen LogP contribution in [0.3, 0.4) is 0 Å². The molecular formula is C15H22BrCl2NO5S2. The van der Waals surface area contributed by atoms with Gasteiger partial charge in [-0.1, -0.05) is 23.2 Å². The number of thiophene rings is 1. The summed E-state index contributed by atoms with van der Waals surface area (Å²) in [6.45, 7) is 10.2. The Labute approximate surface area is 176 Å². The van der Waals surface area contributed by atoms with Crippen molar-refractivity contribution in [3.8, 4) is 0 Å². The van der Waals surface area contributed by atoms with Gasteiger partial charge < -0.3 is 9.47 Å². The maximum Gasteiger partial charge on any atom is 0.327 e. The molecule has 0 radical (unpaired) electrons. The van der Waals surface area contributed by atoms with E-state index in [1.807, 2.05) is 0 Å². The highest BCUT2D eigenvalue weighted by Gasteiger charge is 2.34. The molecule has 1 N–H and O–H groups in total. The first kappa shape index (κ1) is 24.1. The molecular weight excluding hydrogens is 489 g/mol. The van der Waals surface area contributed by atoms with Crippen LogP contribution >= 0.6 is 50.5 Å². The van der Waals surface area contributed by atoms with Crippen LogP contribution in [0.25, 0.3) is 0 Å². The molecule has 1 unspecified atom stereocenters. The Balaban J connectivity index is 3.15. The Morgan fingerprint density at radius 3 is 2.08 bits per heavy atom. The van der Waals surface area contributed by atoms with Crippen LogP contribution in [-0.2, 0) is 24.3 Å². The Bertz CT molecular complexity index is 766. The summed E-state index contributed by atoms with van der Waals surface area (Å²) in [7, 11) is -4.15. The molecule has 1 aromatic heterocycles. The quantitative estimate of drug-likeness (QED) is 0.564. The normalized spacial score (nSPS) is 14.3. The van der Waals surface area contributed by atoms with Crippen molar-refractivity contribution in [3.63, 3.8) is 0 Å². The minimum Gasteiger partial charge on any atom is -0.459 e. The van der Waals surface area contributed by atoms with E-state index in [9.17, 15) is 13.2 Å². The van der Waals surface area contributed by atoms with Crippen molar-refractivity contribution >= 4 is 66.5 Å². The fourth-order valence-electron chi connectivity index (χ4n) is 1.67. The number of hydrogen-bond acceptors (Lipinski definition) is 6. The van der Waals surface area contributed by atoms with E-state index < -0.39 is 33.2 Å². The predicted molar refractivity (Wildman–Crippen MR) is 108 cm³/mol. The lowest BCUT2D eigenvalue weighted by Gasteiger charge is -2.27. The van der Waals surface area contributed by atoms with E-state index in [4.69, 9.17) is 32.7 Å². The largest absolute Gasteiger partial charge is 0.459 e. The van der Waals surface area contributed by atoms with E-state index >= 15 is 0 Å². The molecule has 0 fully saturated rings. The maximum atomic E-state index is 12.8. The molecule has 1 rings (SSSR count). The third-order valence-corrected chi connectivity index (χ3v) is 7.61. The second kappa shape index (κ2) is 8.63. The zero-order chi connectivity index (χ0) is 20.5. The monoisotopic (exact) mass is 509 g/mol. The van der Waals surface area contributed by atoms with Crippen molar-refractivity contribution in [2.45, 2.75) is 63.7 Å². The Kier molecular flexibility index (Phi) is 8.01. The summed E-state index contributed by atoms with van der Waals surface area (Å²) in [5.41, 5.74) is -1.36. The highest BCUT2D eigenvalue weighted by atomic mass is 79.9. The van der Waals surface area contributed by atoms with Gasteiger partial charge in [0.05, 0.1) is 16.7 Å². The van der Waals surface area contributed by atoms with E-state index in [0.717, 1.165) is 11.3 Å². The number of hydrogen-bond donors (Lipinski definition) is 1. The first-order valence-electron chi connectivity index (χ1n) is 7.56. The zero-order valence-corrected chi connectivity index (χ0v) is 20.0. The standard InChI is InChI=1S/C15H22BrCl2NO5S2/c1-14(2,3)23-7-8(13(20)24-15(4,5)6)19-26(21,22)10-9(16)11(17)25-12(10)18/h8,19H,7H2,1-6H3. The summed E-state index contributed by atoms with van der Waals surface area (Å²) in [5, 5.41) is 0. The summed E-state index contributed by atoms with van der Waals surface area (Å²) in [4.78, 5) is 12.2. The number of halogens is 3. The van der Waals surface area contributed by atoms with Gasteiger partial charge in [0, 0.05) is 0 Å². The van der Waals surface area contributed by atoms with Gasteiger partial charge in [-0.15, -0.1) is 11.3 Å². The molecule has 1 atom stereocenters. The van der Waals surface area contributed by atoms with Crippen LogP contribution in [0.2, 0.25) is 8.67 Å². The molecule has 26 heavy (non-hydrogen) atoms. The number of carbonyl (C=O) groups is 1. The maximum absolute atomic E-state index is 12.8. The highest BCUT2D eigenvalue weighted by Crippen LogP contribution is 2.42. The third kappa shape index (κ3) is 7.26. The SMILES string of the molecule is CC(C)(C)OCC(NS(=O)(=O)c1c(Cl)sc(Cl)c1Br)C(=O)OC(C)(C)C. The molecule has 0 aromatic carbocycles. The molecule has 150 valence electrons. The van der Waals surface area contributed by atoms with Crippen molar-refractivity contribution in [1.82, 2.24) is 4.72 Å². The van der Waals surface area contributed by atoms with Crippen LogP contribution in [0.15, 0.2) is 9.37 Å². The van der Waals surface area contributed by atoms with Gasteiger partial charge in [0.2, 0.25) is 10.0 Å². The number of carbonyl (C=O) groups excluding carboxylic acids is 1. The van der Waals surface area contributed by atoms with Gasteiger partial charge in [-0.05, 0) is 57.5 Å². The fraction of sp³-hybridized carbons (Fsp3) is 0.667. The van der Waals surface area contributed by atoms with E-state index in [-0.39, 0.29) is 24.6 Å². The summed E-state index contributed by atoms with van der Waals surface area (Å²) >= 11 is 15.9. The molecule has 0 bridgehead atoms. The lowest BCUT2D eigenvalue weighted by molar-refractivity contribution is -0.159. The van der Waals surface area contributed by atoms with Crippen LogP contribution in [0.1, 0.15) is 41.5 Å². The van der Waals surface area contributed by atoms with Gasteiger partial charge in [0.15, 0.2) is 0 Å². The zero-order valence-electron chi connectivity index (χ0n) is 15.3. The van der Waals surface area contributed by atoms with Crippen molar-refractivity contribution in [2.24, 2.45) is 0 Å². The summed E-state index contributed by atoms with van der Waals surface area (Å²) in [6.07, 6.45) is 0. The minimum absolute atomic E-state index is 0.0194. The molecule has 11 heteroatoms. The topological polar surface area (TPSA) is 81.7 Å². The second-order valence-electron chi connectivity index (χ2n) is 7.42. The van der Waals surface area contributed by atoms with E-state index in [1.54, 1.807) is 41.5 Å². The minimum atomic E-state index is -4.15. The van der Waals surface area contributed by atoms with Gasteiger partial charge >= 0.3 is 5.97 Å². The van der Waals surface area contributed by atoms with Gasteiger partial charge in [-0.2, -0.15) is 4.72 Å². The molecule has 0 spiro atoms. The molecule has 0 saturated carbocycles. The third-order valence-electron chi connectivity index (χ3n) is 2.67. The first-order chi connectivity index (χ1) is 11.5. The highest BCUT2D eigenvalue weighted by molar-refractivity contribution is 9.10. The van der Waals surface area contributed by atoms with Gasteiger partial charge in [0.25, 0.3) is 0 Å². The van der Waals surface area contributed by atoms with Gasteiger partial charge in [-0.25, -0.2) is 8.42 Å². The number of nitrogens with one attached hydrogen (secondary N) is 1. The number of ether oxygens (including phenoxy) is 2. The average molecular weight is 511 g/mol. The Morgan fingerprint density at radius 2 is 1.69 bits per heavy atom. The fourth-order valence-corrected chi connectivity index (χ4v) is 6.40. The molecule has 1 heterocycles. The van der Waals surface area contributed by atoms with Crippen LogP contribution < -0.4 is 4.72 Å². The summed E-state index contributed by atoms with van der Waals surface area (Å²) < 4.78 is 39.0. The lowest BCUT2D eigenvalue weighted by atomic mass is 10.2. The van der Waals surface area contributed by atoms with Crippen LogP contribution in [0.5, 0.6) is 0 Å². The second-order valence-corrected chi connectivity index (χ2v) is 12.1.